The minimum Gasteiger partial charge on any atom is -0.481 e. The van der Waals surface area contributed by atoms with E-state index in [2.05, 4.69) is 16.0 Å². The molecule has 1 rings (SSSR count). The summed E-state index contributed by atoms with van der Waals surface area (Å²) >= 11 is 0. The largest absolute Gasteiger partial charge is 0.481 e. The zero-order valence-electron chi connectivity index (χ0n) is 18.0. The number of rotatable bonds is 13. The van der Waals surface area contributed by atoms with Gasteiger partial charge < -0.3 is 31.9 Å². The second-order valence-electron chi connectivity index (χ2n) is 7.76. The lowest BCUT2D eigenvalue weighted by atomic mass is 10.0. The number of amides is 3. The van der Waals surface area contributed by atoms with Crippen molar-refractivity contribution in [2.24, 2.45) is 11.7 Å². The third kappa shape index (κ3) is 10.0. The van der Waals surface area contributed by atoms with Gasteiger partial charge in [0.2, 0.25) is 17.7 Å². The minimum absolute atomic E-state index is 0.0150. The molecule has 0 aliphatic carbocycles. The van der Waals surface area contributed by atoms with Crippen LogP contribution in [0.15, 0.2) is 30.3 Å². The quantitative estimate of drug-likeness (QED) is 0.226. The molecule has 0 bridgehead atoms. The van der Waals surface area contributed by atoms with Crippen LogP contribution in [0.4, 0.5) is 0 Å². The smallest absolute Gasteiger partial charge is 0.326 e. The highest BCUT2D eigenvalue weighted by atomic mass is 16.4. The van der Waals surface area contributed by atoms with Crippen molar-refractivity contribution in [1.29, 1.82) is 0 Å². The van der Waals surface area contributed by atoms with E-state index in [-0.39, 0.29) is 18.8 Å². The molecule has 11 nitrogen and oxygen atoms in total. The Morgan fingerprint density at radius 2 is 1.56 bits per heavy atom. The van der Waals surface area contributed by atoms with Gasteiger partial charge in [-0.3, -0.25) is 19.2 Å². The highest BCUT2D eigenvalue weighted by Crippen LogP contribution is 2.05. The van der Waals surface area contributed by atoms with Gasteiger partial charge in [0.15, 0.2) is 0 Å². The summed E-state index contributed by atoms with van der Waals surface area (Å²) in [6, 6.07) is 5.32. The highest BCUT2D eigenvalue weighted by molar-refractivity contribution is 5.94. The average molecular weight is 450 g/mol. The molecule has 32 heavy (non-hydrogen) atoms. The lowest BCUT2D eigenvalue weighted by Gasteiger charge is -2.20. The molecule has 0 aromatic heterocycles. The van der Waals surface area contributed by atoms with Crippen LogP contribution in [0.1, 0.15) is 32.3 Å². The number of hydrogen-bond donors (Lipinski definition) is 6. The van der Waals surface area contributed by atoms with Crippen molar-refractivity contribution >= 4 is 29.7 Å². The molecule has 176 valence electrons. The number of aliphatic carboxylic acids is 2. The van der Waals surface area contributed by atoms with Gasteiger partial charge in [-0.2, -0.15) is 0 Å². The molecule has 1 aromatic rings. The Morgan fingerprint density at radius 1 is 0.938 bits per heavy atom. The van der Waals surface area contributed by atoms with Crippen LogP contribution >= 0.6 is 0 Å². The van der Waals surface area contributed by atoms with E-state index in [1.165, 1.54) is 0 Å². The molecule has 0 aliphatic heterocycles. The van der Waals surface area contributed by atoms with Gasteiger partial charge in [-0.1, -0.05) is 44.2 Å². The molecule has 0 fully saturated rings. The fraction of sp³-hybridized carbons (Fsp3) is 0.476. The highest BCUT2D eigenvalue weighted by Gasteiger charge is 2.27. The van der Waals surface area contributed by atoms with Crippen LogP contribution in [0.2, 0.25) is 0 Å². The van der Waals surface area contributed by atoms with Crippen molar-refractivity contribution in [3.05, 3.63) is 35.9 Å². The maximum Gasteiger partial charge on any atom is 0.326 e. The third-order valence-corrected chi connectivity index (χ3v) is 4.41. The van der Waals surface area contributed by atoms with Gasteiger partial charge in [0.05, 0.1) is 19.0 Å². The Balaban J connectivity index is 2.67. The summed E-state index contributed by atoms with van der Waals surface area (Å²) in [6.07, 6.45) is -0.336. The number of carboxylic acid groups (broad SMARTS) is 2. The van der Waals surface area contributed by atoms with E-state index in [0.717, 1.165) is 5.56 Å². The Bertz CT molecular complexity index is 814. The van der Waals surface area contributed by atoms with Crippen molar-refractivity contribution in [3.8, 4) is 0 Å². The summed E-state index contributed by atoms with van der Waals surface area (Å²) < 4.78 is 0. The molecular formula is C21H30N4O7. The molecule has 1 aromatic carbocycles. The molecule has 3 atom stereocenters. The predicted molar refractivity (Wildman–Crippen MR) is 114 cm³/mol. The molecule has 0 radical (unpaired) electrons. The number of carbonyl (C=O) groups is 5. The monoisotopic (exact) mass is 450 g/mol. The molecule has 0 spiro atoms. The number of benzene rings is 1. The van der Waals surface area contributed by atoms with Crippen molar-refractivity contribution in [2.75, 3.05) is 6.54 Å². The lowest BCUT2D eigenvalue weighted by Crippen LogP contribution is -2.54. The van der Waals surface area contributed by atoms with Crippen LogP contribution in [0, 0.1) is 5.92 Å². The van der Waals surface area contributed by atoms with Crippen molar-refractivity contribution in [2.45, 2.75) is 51.2 Å². The maximum atomic E-state index is 12.4. The molecule has 7 N–H and O–H groups in total. The first-order chi connectivity index (χ1) is 15.0. The Labute approximate surface area is 185 Å². The van der Waals surface area contributed by atoms with E-state index in [1.54, 1.807) is 44.2 Å². The van der Waals surface area contributed by atoms with E-state index < -0.39 is 60.8 Å². The zero-order valence-corrected chi connectivity index (χ0v) is 18.0. The van der Waals surface area contributed by atoms with Gasteiger partial charge in [0.25, 0.3) is 0 Å². The second-order valence-corrected chi connectivity index (χ2v) is 7.76. The Hall–Kier alpha value is -3.47. The topological polar surface area (TPSA) is 188 Å². The van der Waals surface area contributed by atoms with Gasteiger partial charge in [0.1, 0.15) is 12.1 Å². The van der Waals surface area contributed by atoms with Crippen LogP contribution in [-0.4, -0.2) is 64.5 Å². The molecule has 3 unspecified atom stereocenters. The van der Waals surface area contributed by atoms with Crippen LogP contribution in [0.25, 0.3) is 0 Å². The van der Waals surface area contributed by atoms with E-state index in [0.29, 0.717) is 0 Å². The van der Waals surface area contributed by atoms with Crippen molar-refractivity contribution in [3.63, 3.8) is 0 Å². The predicted octanol–water partition coefficient (Wildman–Crippen LogP) is -0.752. The molecule has 0 saturated heterocycles. The SMILES string of the molecule is CC(C)CC(NC(=O)CNC(=O)C(CC(=O)O)NC(=O)C(N)Cc1ccccc1)C(=O)O. The second kappa shape index (κ2) is 13.1. The van der Waals surface area contributed by atoms with Crippen molar-refractivity contribution < 1.29 is 34.2 Å². The molecule has 0 heterocycles. The van der Waals surface area contributed by atoms with E-state index in [1.807, 2.05) is 0 Å². The third-order valence-electron chi connectivity index (χ3n) is 4.41. The van der Waals surface area contributed by atoms with E-state index in [9.17, 15) is 24.0 Å². The van der Waals surface area contributed by atoms with Crippen LogP contribution in [0.3, 0.4) is 0 Å². The number of carbonyl (C=O) groups excluding carboxylic acids is 3. The van der Waals surface area contributed by atoms with Gasteiger partial charge in [-0.15, -0.1) is 0 Å². The van der Waals surface area contributed by atoms with E-state index in [4.69, 9.17) is 15.9 Å². The van der Waals surface area contributed by atoms with E-state index >= 15 is 0 Å². The van der Waals surface area contributed by atoms with Gasteiger partial charge in [-0.05, 0) is 24.3 Å². The van der Waals surface area contributed by atoms with Crippen LogP contribution in [-0.2, 0) is 30.4 Å². The van der Waals surface area contributed by atoms with Crippen LogP contribution < -0.4 is 21.7 Å². The fourth-order valence-corrected chi connectivity index (χ4v) is 2.85. The molecule has 0 saturated carbocycles. The van der Waals surface area contributed by atoms with Crippen LogP contribution in [0.5, 0.6) is 0 Å². The first-order valence-electron chi connectivity index (χ1n) is 10.1. The number of nitrogens with two attached hydrogens (primary N) is 1. The first kappa shape index (κ1) is 26.6. The number of hydrogen-bond acceptors (Lipinski definition) is 6. The standard InChI is InChI=1S/C21H30N4O7/c1-12(2)8-16(21(31)32)24-17(26)11-23-20(30)15(10-18(27)28)25-19(29)14(22)9-13-6-4-3-5-7-13/h3-7,12,14-16H,8-11,22H2,1-2H3,(H,23,30)(H,24,26)(H,25,29)(H,27,28)(H,31,32). The Kier molecular flexibility index (Phi) is 10.8. The lowest BCUT2D eigenvalue weighted by molar-refractivity contribution is -0.143. The molecule has 3 amide bonds. The summed E-state index contributed by atoms with van der Waals surface area (Å²) in [7, 11) is 0. The number of carboxylic acids is 2. The summed E-state index contributed by atoms with van der Waals surface area (Å²) in [5.41, 5.74) is 6.65. The molecule has 11 heteroatoms. The summed E-state index contributed by atoms with van der Waals surface area (Å²) in [5.74, 6) is -4.91. The minimum atomic E-state index is -1.46. The zero-order chi connectivity index (χ0) is 24.3. The fourth-order valence-electron chi connectivity index (χ4n) is 2.85. The first-order valence-corrected chi connectivity index (χ1v) is 10.1. The van der Waals surface area contributed by atoms with Gasteiger partial charge >= 0.3 is 11.9 Å². The molecular weight excluding hydrogens is 420 g/mol. The summed E-state index contributed by atoms with van der Waals surface area (Å²) in [6.45, 7) is 3.01. The van der Waals surface area contributed by atoms with Gasteiger partial charge in [0, 0.05) is 0 Å². The Morgan fingerprint density at radius 3 is 2.09 bits per heavy atom. The van der Waals surface area contributed by atoms with Crippen molar-refractivity contribution in [1.82, 2.24) is 16.0 Å². The van der Waals surface area contributed by atoms with Gasteiger partial charge in [-0.25, -0.2) is 4.79 Å². The summed E-state index contributed by atoms with van der Waals surface area (Å²) in [5, 5.41) is 25.0. The number of nitrogens with one attached hydrogen (secondary N) is 3. The maximum absolute atomic E-state index is 12.4. The average Bonchev–Trinajstić information content (AvgIpc) is 2.70. The molecule has 0 aliphatic rings. The normalized spacial score (nSPS) is 13.5. The summed E-state index contributed by atoms with van der Waals surface area (Å²) in [4.78, 5) is 59.1.